The van der Waals surface area contributed by atoms with Crippen molar-refractivity contribution in [2.45, 2.75) is 37.0 Å². The van der Waals surface area contributed by atoms with Crippen LogP contribution in [0.1, 0.15) is 25.7 Å². The summed E-state index contributed by atoms with van der Waals surface area (Å²) in [5, 5.41) is 6.14. The highest BCUT2D eigenvalue weighted by Crippen LogP contribution is 2.56. The first-order valence-corrected chi connectivity index (χ1v) is 11.8. The Morgan fingerprint density at radius 2 is 1.48 bits per heavy atom. The zero-order valence-electron chi connectivity index (χ0n) is 18.5. The number of rotatable bonds is 4. The monoisotopic (exact) mass is 456 g/mol. The van der Waals surface area contributed by atoms with Crippen molar-refractivity contribution in [3.63, 3.8) is 0 Å². The molecule has 2 atom stereocenters. The molecule has 3 aliphatic rings. The third-order valence-corrected chi connectivity index (χ3v) is 7.38. The van der Waals surface area contributed by atoms with E-state index in [1.54, 1.807) is 7.11 Å². The number of hydrogen-bond donors (Lipinski definition) is 1. The molecule has 1 saturated carbocycles. The predicted octanol–water partition coefficient (Wildman–Crippen LogP) is 5.59. The largest absolute Gasteiger partial charge is 0.497 e. The van der Waals surface area contributed by atoms with E-state index >= 15 is 0 Å². The smallest absolute Gasteiger partial charge is 0.265 e. The quantitative estimate of drug-likeness (QED) is 0.410. The maximum Gasteiger partial charge on any atom is 0.265 e. The van der Waals surface area contributed by atoms with E-state index in [2.05, 4.69) is 63.8 Å². The maximum atomic E-state index is 6.20. The van der Waals surface area contributed by atoms with Gasteiger partial charge in [-0.15, -0.1) is 5.43 Å². The van der Waals surface area contributed by atoms with Crippen LogP contribution in [0.5, 0.6) is 5.75 Å². The van der Waals surface area contributed by atoms with Crippen LogP contribution in [0.2, 0.25) is 0 Å². The molecule has 0 radical (unpaired) electrons. The number of benzene rings is 3. The summed E-state index contributed by atoms with van der Waals surface area (Å²) >= 11 is 6.20. The highest BCUT2D eigenvalue weighted by Gasteiger charge is 2.75. The summed E-state index contributed by atoms with van der Waals surface area (Å²) in [5.74, 6) is 0.823. The fourth-order valence-corrected chi connectivity index (χ4v) is 6.08. The van der Waals surface area contributed by atoms with Crippen molar-refractivity contribution in [1.82, 2.24) is 5.43 Å². The molecule has 2 aliphatic heterocycles. The number of nitrogens with one attached hydrogen (secondary N) is 1. The van der Waals surface area contributed by atoms with Gasteiger partial charge in [-0.3, -0.25) is 9.80 Å². The molecule has 33 heavy (non-hydrogen) atoms. The molecule has 1 saturated heterocycles. The van der Waals surface area contributed by atoms with Crippen molar-refractivity contribution >= 4 is 34.4 Å². The maximum absolute atomic E-state index is 6.20. The highest BCUT2D eigenvalue weighted by molar-refractivity contribution is 7.80. The average molecular weight is 457 g/mol. The number of azo groups is 1. The van der Waals surface area contributed by atoms with Gasteiger partial charge in [0.25, 0.3) is 11.4 Å². The van der Waals surface area contributed by atoms with Crippen LogP contribution in [0, 0.1) is 0 Å². The minimum Gasteiger partial charge on any atom is -0.497 e. The molecular formula is C26H26N5OS+. The van der Waals surface area contributed by atoms with Crippen molar-refractivity contribution in [2.75, 3.05) is 16.9 Å². The van der Waals surface area contributed by atoms with Crippen molar-refractivity contribution in [1.29, 1.82) is 0 Å². The van der Waals surface area contributed by atoms with Crippen molar-refractivity contribution in [2.24, 2.45) is 5.11 Å². The van der Waals surface area contributed by atoms with Crippen LogP contribution in [-0.4, -0.2) is 28.4 Å². The Hall–Kier alpha value is -3.45. The summed E-state index contributed by atoms with van der Waals surface area (Å²) in [6.45, 7) is 0. The Bertz CT molecular complexity index is 1220. The second-order valence-electron chi connectivity index (χ2n) is 8.73. The van der Waals surface area contributed by atoms with Crippen LogP contribution in [0.15, 0.2) is 90.0 Å². The number of thiocarbonyl (C=S) groups is 1. The van der Waals surface area contributed by atoms with E-state index in [0.29, 0.717) is 0 Å². The van der Waals surface area contributed by atoms with Gasteiger partial charge in [0.15, 0.2) is 5.11 Å². The number of para-hydroxylation sites is 2. The minimum atomic E-state index is -0.567. The molecule has 7 heteroatoms. The van der Waals surface area contributed by atoms with E-state index in [1.807, 2.05) is 41.2 Å². The van der Waals surface area contributed by atoms with E-state index in [-0.39, 0.29) is 0 Å². The van der Waals surface area contributed by atoms with Gasteiger partial charge in [0, 0.05) is 39.8 Å². The first-order valence-electron chi connectivity index (χ1n) is 11.4. The summed E-state index contributed by atoms with van der Waals surface area (Å²) in [5.41, 5.74) is 5.87. The fraction of sp³-hybridized carbons (Fsp3) is 0.269. The topological polar surface area (TPSA) is 43.1 Å². The lowest BCUT2D eigenvalue weighted by Gasteiger charge is -2.42. The first-order chi connectivity index (χ1) is 16.2. The Morgan fingerprint density at radius 1 is 0.848 bits per heavy atom. The molecule has 1 N–H and O–H groups in total. The molecule has 6 rings (SSSR count). The summed E-state index contributed by atoms with van der Waals surface area (Å²) in [6.07, 6.45) is 4.03. The third-order valence-electron chi connectivity index (χ3n) is 7.01. The third kappa shape index (κ3) is 2.82. The van der Waals surface area contributed by atoms with Gasteiger partial charge in [-0.25, -0.2) is 0 Å². The van der Waals surface area contributed by atoms with Crippen molar-refractivity contribution in [3.05, 3.63) is 84.9 Å². The molecule has 3 aromatic rings. The molecule has 0 unspecified atom stereocenters. The zero-order chi connectivity index (χ0) is 22.5. The standard InChI is InChI=1S/C26H26N5OS/c1-32-23-16-14-21(15-17-23)30-24(33)29(20-10-4-2-5-11-20)25-18-8-9-19-26(25,30)28-31(27-25)22-12-6-3-7-13-22/h2-7,10-17H,8-9,18-19H2,1H3,(H,27,28)/q+1/t25-,26+/m0/s1. The molecule has 1 aliphatic carbocycles. The molecule has 0 amide bonds. The van der Waals surface area contributed by atoms with E-state index in [4.69, 9.17) is 22.1 Å². The van der Waals surface area contributed by atoms with E-state index in [1.165, 1.54) is 0 Å². The molecule has 0 spiro atoms. The van der Waals surface area contributed by atoms with Crippen molar-refractivity contribution < 1.29 is 9.54 Å². The molecule has 166 valence electrons. The molecule has 2 fully saturated rings. The molecular weight excluding hydrogens is 430 g/mol. The highest BCUT2D eigenvalue weighted by atomic mass is 32.1. The molecule has 2 heterocycles. The molecule has 0 bridgehead atoms. The second kappa shape index (κ2) is 7.56. The van der Waals surface area contributed by atoms with Crippen molar-refractivity contribution in [3.8, 4) is 5.75 Å². The fourth-order valence-electron chi connectivity index (χ4n) is 5.56. The average Bonchev–Trinajstić information content (AvgIpc) is 3.32. The summed E-state index contributed by atoms with van der Waals surface area (Å²) < 4.78 is 5.41. The van der Waals surface area contributed by atoms with Crippen LogP contribution in [0.25, 0.3) is 0 Å². The Balaban J connectivity index is 1.58. The van der Waals surface area contributed by atoms with Gasteiger partial charge >= 0.3 is 0 Å². The van der Waals surface area contributed by atoms with Gasteiger partial charge in [-0.2, -0.15) is 0 Å². The van der Waals surface area contributed by atoms with E-state index in [9.17, 15) is 0 Å². The Labute approximate surface area is 199 Å². The first kappa shape index (κ1) is 20.2. The van der Waals surface area contributed by atoms with Crippen LogP contribution >= 0.6 is 12.2 Å². The van der Waals surface area contributed by atoms with Gasteiger partial charge in [0.2, 0.25) is 5.66 Å². The van der Waals surface area contributed by atoms with E-state index in [0.717, 1.165) is 53.6 Å². The molecule has 3 aromatic carbocycles. The lowest BCUT2D eigenvalue weighted by Crippen LogP contribution is -2.67. The summed E-state index contributed by atoms with van der Waals surface area (Å²) in [4.78, 5) is 6.50. The van der Waals surface area contributed by atoms with E-state index < -0.39 is 11.3 Å². The SMILES string of the molecule is COc1ccc(N2C(=S)N(c3ccccc3)[C@@]34CCCC[C@@]23N=[N+](c2ccccc2)N4)cc1. The van der Waals surface area contributed by atoms with Crippen LogP contribution in [0.4, 0.5) is 17.1 Å². The summed E-state index contributed by atoms with van der Waals surface area (Å²) in [6, 6.07) is 28.8. The van der Waals surface area contributed by atoms with Crippen LogP contribution < -0.4 is 20.0 Å². The van der Waals surface area contributed by atoms with Gasteiger partial charge in [0.05, 0.1) is 7.11 Å². The number of methoxy groups -OCH3 is 1. The van der Waals surface area contributed by atoms with Crippen LogP contribution in [0.3, 0.4) is 0 Å². The summed E-state index contributed by atoms with van der Waals surface area (Å²) in [7, 11) is 1.69. The molecule has 0 aromatic heterocycles. The predicted molar refractivity (Wildman–Crippen MR) is 133 cm³/mol. The van der Waals surface area contributed by atoms with Gasteiger partial charge in [-0.1, -0.05) is 36.4 Å². The minimum absolute atomic E-state index is 0.487. The number of hydrogen-bond acceptors (Lipinski definition) is 4. The number of hydrazine groups is 1. The number of nitrogens with zero attached hydrogens (tertiary/aromatic N) is 4. The van der Waals surface area contributed by atoms with Gasteiger partial charge < -0.3 is 4.74 Å². The zero-order valence-corrected chi connectivity index (χ0v) is 19.3. The molecule has 6 nitrogen and oxygen atoms in total. The second-order valence-corrected chi connectivity index (χ2v) is 9.10. The number of anilines is 2. The lowest BCUT2D eigenvalue weighted by molar-refractivity contribution is -0.567. The number of ether oxygens (including phenoxy) is 1. The van der Waals surface area contributed by atoms with Crippen LogP contribution in [-0.2, 0) is 0 Å². The van der Waals surface area contributed by atoms with Gasteiger partial charge in [-0.05, 0) is 67.9 Å². The van der Waals surface area contributed by atoms with Gasteiger partial charge in [0.1, 0.15) is 5.75 Å². The lowest BCUT2D eigenvalue weighted by atomic mass is 9.79. The Morgan fingerprint density at radius 3 is 2.18 bits per heavy atom. The Kier molecular flexibility index (Phi) is 4.62. The normalized spacial score (nSPS) is 25.8.